The van der Waals surface area contributed by atoms with E-state index >= 15 is 0 Å². The Balaban J connectivity index is 3.80. The van der Waals surface area contributed by atoms with Gasteiger partial charge in [0, 0.05) is 0 Å². The van der Waals surface area contributed by atoms with Crippen molar-refractivity contribution in [3.8, 4) is 0 Å². The summed E-state index contributed by atoms with van der Waals surface area (Å²) in [7, 11) is 4.02. The first-order valence-electron chi connectivity index (χ1n) is 5.25. The highest BCUT2D eigenvalue weighted by atomic mass is 16.5. The van der Waals surface area contributed by atoms with Crippen molar-refractivity contribution in [3.05, 3.63) is 0 Å². The van der Waals surface area contributed by atoms with Crippen LogP contribution in [0, 0.1) is 5.41 Å². The molecule has 1 atom stereocenters. The molecule has 0 radical (unpaired) electrons. The molecule has 4 nitrogen and oxygen atoms in total. The SMILES string of the molecule is CC(CCN(C)C)OCC(C)(C)C(=O)O. The van der Waals surface area contributed by atoms with Crippen LogP contribution in [-0.2, 0) is 9.53 Å². The molecule has 1 N–H and O–H groups in total. The lowest BCUT2D eigenvalue weighted by Gasteiger charge is -2.22. The van der Waals surface area contributed by atoms with Crippen LogP contribution in [0.15, 0.2) is 0 Å². The maximum Gasteiger partial charge on any atom is 0.311 e. The predicted molar refractivity (Wildman–Crippen MR) is 60.0 cm³/mol. The van der Waals surface area contributed by atoms with Crippen LogP contribution < -0.4 is 0 Å². The summed E-state index contributed by atoms with van der Waals surface area (Å²) in [6.07, 6.45) is 1.02. The first kappa shape index (κ1) is 14.4. The first-order chi connectivity index (χ1) is 6.75. The van der Waals surface area contributed by atoms with Crippen LogP contribution in [0.3, 0.4) is 0 Å². The number of nitrogens with zero attached hydrogens (tertiary/aromatic N) is 1. The second-order valence-corrected chi connectivity index (χ2v) is 4.90. The highest BCUT2D eigenvalue weighted by molar-refractivity contribution is 5.73. The zero-order valence-corrected chi connectivity index (χ0v) is 10.4. The lowest BCUT2D eigenvalue weighted by molar-refractivity contribution is -0.151. The number of rotatable bonds is 7. The van der Waals surface area contributed by atoms with Gasteiger partial charge in [-0.15, -0.1) is 0 Å². The maximum absolute atomic E-state index is 10.8. The van der Waals surface area contributed by atoms with Gasteiger partial charge in [0.25, 0.3) is 0 Å². The van der Waals surface area contributed by atoms with Crippen molar-refractivity contribution >= 4 is 5.97 Å². The Labute approximate surface area is 92.2 Å². The summed E-state index contributed by atoms with van der Waals surface area (Å²) >= 11 is 0. The topological polar surface area (TPSA) is 49.8 Å². The molecule has 0 aliphatic heterocycles. The van der Waals surface area contributed by atoms with E-state index in [1.165, 1.54) is 0 Å². The molecule has 0 aromatic carbocycles. The number of carbonyl (C=O) groups is 1. The summed E-state index contributed by atoms with van der Waals surface area (Å²) in [6, 6.07) is 0. The second kappa shape index (κ2) is 6.08. The summed E-state index contributed by atoms with van der Waals surface area (Å²) in [6.45, 7) is 6.54. The molecule has 0 heterocycles. The highest BCUT2D eigenvalue weighted by Crippen LogP contribution is 2.16. The quantitative estimate of drug-likeness (QED) is 0.701. The molecule has 90 valence electrons. The first-order valence-corrected chi connectivity index (χ1v) is 5.25. The molecular formula is C11H23NO3. The Morgan fingerprint density at radius 1 is 1.47 bits per heavy atom. The minimum atomic E-state index is -0.817. The maximum atomic E-state index is 10.8. The van der Waals surface area contributed by atoms with E-state index in [-0.39, 0.29) is 12.7 Å². The molecule has 1 unspecified atom stereocenters. The summed E-state index contributed by atoms with van der Waals surface area (Å²) in [5.41, 5.74) is -0.799. The van der Waals surface area contributed by atoms with Crippen LogP contribution in [0.1, 0.15) is 27.2 Å². The number of hydrogen-bond donors (Lipinski definition) is 1. The van der Waals surface area contributed by atoms with Crippen molar-refractivity contribution in [2.45, 2.75) is 33.3 Å². The molecule has 0 saturated carbocycles. The monoisotopic (exact) mass is 217 g/mol. The number of carboxylic acid groups (broad SMARTS) is 1. The van der Waals surface area contributed by atoms with E-state index in [1.54, 1.807) is 13.8 Å². The molecule has 0 saturated heterocycles. The molecule has 15 heavy (non-hydrogen) atoms. The van der Waals surface area contributed by atoms with Crippen LogP contribution in [0.4, 0.5) is 0 Å². The molecule has 0 aromatic rings. The van der Waals surface area contributed by atoms with Crippen molar-refractivity contribution in [1.29, 1.82) is 0 Å². The van der Waals surface area contributed by atoms with E-state index in [2.05, 4.69) is 4.90 Å². The van der Waals surface area contributed by atoms with Crippen molar-refractivity contribution < 1.29 is 14.6 Å². The smallest absolute Gasteiger partial charge is 0.311 e. The Hall–Kier alpha value is -0.610. The number of aliphatic carboxylic acids is 1. The third-order valence-corrected chi connectivity index (χ3v) is 2.29. The summed E-state index contributed by atoms with van der Waals surface area (Å²) < 4.78 is 5.51. The summed E-state index contributed by atoms with van der Waals surface area (Å²) in [4.78, 5) is 12.9. The Morgan fingerprint density at radius 3 is 2.40 bits per heavy atom. The number of ether oxygens (including phenoxy) is 1. The van der Waals surface area contributed by atoms with Crippen LogP contribution in [0.5, 0.6) is 0 Å². The fraction of sp³-hybridized carbons (Fsp3) is 0.909. The van der Waals surface area contributed by atoms with Crippen molar-refractivity contribution in [2.75, 3.05) is 27.2 Å². The van der Waals surface area contributed by atoms with E-state index in [0.29, 0.717) is 0 Å². The predicted octanol–water partition coefficient (Wildman–Crippen LogP) is 1.45. The normalized spacial score (nSPS) is 14.3. The van der Waals surface area contributed by atoms with Gasteiger partial charge in [0.2, 0.25) is 0 Å². The molecular weight excluding hydrogens is 194 g/mol. The zero-order valence-electron chi connectivity index (χ0n) is 10.4. The summed E-state index contributed by atoms with van der Waals surface area (Å²) in [5.74, 6) is -0.817. The molecule has 0 spiro atoms. The molecule has 0 fully saturated rings. The van der Waals surface area contributed by atoms with Gasteiger partial charge in [-0.05, 0) is 47.8 Å². The van der Waals surface area contributed by atoms with Crippen molar-refractivity contribution in [2.24, 2.45) is 5.41 Å². The zero-order chi connectivity index (χ0) is 12.1. The molecule has 0 rings (SSSR count). The van der Waals surface area contributed by atoms with Crippen molar-refractivity contribution in [3.63, 3.8) is 0 Å². The van der Waals surface area contributed by atoms with Crippen LogP contribution in [0.25, 0.3) is 0 Å². The van der Waals surface area contributed by atoms with Crippen molar-refractivity contribution in [1.82, 2.24) is 4.90 Å². The van der Waals surface area contributed by atoms with Gasteiger partial charge in [0.05, 0.1) is 18.1 Å². The van der Waals surface area contributed by atoms with E-state index in [9.17, 15) is 4.79 Å². The second-order valence-electron chi connectivity index (χ2n) is 4.90. The van der Waals surface area contributed by atoms with Gasteiger partial charge >= 0.3 is 5.97 Å². The molecule has 0 aliphatic carbocycles. The third kappa shape index (κ3) is 6.47. The van der Waals surface area contributed by atoms with Crippen LogP contribution in [-0.4, -0.2) is 49.3 Å². The molecule has 0 aromatic heterocycles. The standard InChI is InChI=1S/C11H23NO3/c1-9(6-7-12(4)5)15-8-11(2,3)10(13)14/h9H,6-8H2,1-5H3,(H,13,14). The van der Waals surface area contributed by atoms with Gasteiger partial charge in [-0.1, -0.05) is 0 Å². The fourth-order valence-corrected chi connectivity index (χ4v) is 0.936. The lowest BCUT2D eigenvalue weighted by atomic mass is 9.95. The summed E-state index contributed by atoms with van der Waals surface area (Å²) in [5, 5.41) is 8.88. The average Bonchev–Trinajstić information content (AvgIpc) is 2.11. The molecule has 0 amide bonds. The Bertz CT molecular complexity index is 202. The number of hydrogen-bond acceptors (Lipinski definition) is 3. The van der Waals surface area contributed by atoms with Gasteiger partial charge in [0.1, 0.15) is 0 Å². The highest BCUT2D eigenvalue weighted by Gasteiger charge is 2.28. The van der Waals surface area contributed by atoms with E-state index < -0.39 is 11.4 Å². The van der Waals surface area contributed by atoms with Gasteiger partial charge in [-0.2, -0.15) is 0 Å². The van der Waals surface area contributed by atoms with Crippen LogP contribution >= 0.6 is 0 Å². The van der Waals surface area contributed by atoms with Gasteiger partial charge < -0.3 is 14.7 Å². The minimum absolute atomic E-state index is 0.103. The Morgan fingerprint density at radius 2 is 2.00 bits per heavy atom. The lowest BCUT2D eigenvalue weighted by Crippen LogP contribution is -2.31. The third-order valence-electron chi connectivity index (χ3n) is 2.29. The Kier molecular flexibility index (Phi) is 5.83. The van der Waals surface area contributed by atoms with Gasteiger partial charge in [-0.3, -0.25) is 4.79 Å². The fourth-order valence-electron chi connectivity index (χ4n) is 0.936. The number of carboxylic acids is 1. The average molecular weight is 217 g/mol. The molecule has 0 bridgehead atoms. The van der Waals surface area contributed by atoms with Gasteiger partial charge in [-0.25, -0.2) is 0 Å². The van der Waals surface area contributed by atoms with E-state index in [4.69, 9.17) is 9.84 Å². The molecule has 0 aliphatic rings. The van der Waals surface area contributed by atoms with Crippen LogP contribution in [0.2, 0.25) is 0 Å². The molecule has 4 heteroatoms. The minimum Gasteiger partial charge on any atom is -0.481 e. The van der Waals surface area contributed by atoms with E-state index in [1.807, 2.05) is 21.0 Å². The van der Waals surface area contributed by atoms with Gasteiger partial charge in [0.15, 0.2) is 0 Å². The van der Waals surface area contributed by atoms with E-state index in [0.717, 1.165) is 13.0 Å². The largest absolute Gasteiger partial charge is 0.481 e.